The monoisotopic (exact) mass is 368 g/mol. The molecule has 2 aromatic rings. The number of hydrogen-bond acceptors (Lipinski definition) is 6. The van der Waals surface area contributed by atoms with Gasteiger partial charge in [0.25, 0.3) is 5.91 Å². The zero-order valence-electron chi connectivity index (χ0n) is 15.2. The average Bonchev–Trinajstić information content (AvgIpc) is 2.71. The molecule has 140 valence electrons. The Morgan fingerprint density at radius 1 is 1.15 bits per heavy atom. The van der Waals surface area contributed by atoms with E-state index in [1.807, 2.05) is 24.3 Å². The number of amides is 1. The molecular weight excluding hydrogens is 348 g/mol. The first kappa shape index (κ1) is 18.4. The molecule has 0 saturated carbocycles. The van der Waals surface area contributed by atoms with E-state index < -0.39 is 0 Å². The molecule has 7 heteroatoms. The molecule has 0 N–H and O–H groups in total. The molecule has 0 aliphatic carbocycles. The molecule has 1 heterocycles. The molecule has 2 aromatic carbocycles. The lowest BCUT2D eigenvalue weighted by Crippen LogP contribution is -2.31. The maximum atomic E-state index is 12.4. The van der Waals surface area contributed by atoms with Crippen LogP contribution in [0.4, 0.5) is 0 Å². The molecule has 3 rings (SSSR count). The predicted octanol–water partition coefficient (Wildman–Crippen LogP) is 2.38. The first-order valence-electron chi connectivity index (χ1n) is 8.44. The standard InChI is InChI=1S/C20H20N2O5/c1-22(12-15-4-6-17-19(10-15)26-8-7-25-17)20(23)13-27-16-5-3-14(11-21)9-18(16)24-2/h3-6,9-10H,7-8,12-13H2,1-2H3. The second kappa shape index (κ2) is 8.32. The third-order valence-electron chi connectivity index (χ3n) is 4.10. The van der Waals surface area contributed by atoms with E-state index in [-0.39, 0.29) is 12.5 Å². The number of carbonyl (C=O) groups is 1. The molecular formula is C20H20N2O5. The van der Waals surface area contributed by atoms with Gasteiger partial charge in [0.15, 0.2) is 29.6 Å². The number of likely N-dealkylation sites (N-methyl/N-ethyl adjacent to an activating group) is 1. The predicted molar refractivity (Wildman–Crippen MR) is 97.1 cm³/mol. The van der Waals surface area contributed by atoms with Crippen molar-refractivity contribution in [2.24, 2.45) is 0 Å². The molecule has 0 spiro atoms. The summed E-state index contributed by atoms with van der Waals surface area (Å²) in [6.45, 7) is 1.35. The number of methoxy groups -OCH3 is 1. The van der Waals surface area contributed by atoms with Crippen molar-refractivity contribution in [2.75, 3.05) is 34.0 Å². The Balaban J connectivity index is 1.59. The van der Waals surface area contributed by atoms with E-state index in [9.17, 15) is 4.79 Å². The van der Waals surface area contributed by atoms with Crippen molar-refractivity contribution in [1.82, 2.24) is 4.90 Å². The number of nitriles is 1. The highest BCUT2D eigenvalue weighted by Crippen LogP contribution is 2.31. The minimum Gasteiger partial charge on any atom is -0.493 e. The molecule has 0 radical (unpaired) electrons. The minimum atomic E-state index is -0.184. The van der Waals surface area contributed by atoms with Crippen LogP contribution in [0.15, 0.2) is 36.4 Å². The van der Waals surface area contributed by atoms with Crippen molar-refractivity contribution >= 4 is 5.91 Å². The maximum Gasteiger partial charge on any atom is 0.260 e. The SMILES string of the molecule is COc1cc(C#N)ccc1OCC(=O)N(C)Cc1ccc2c(c1)OCCO2. The molecule has 0 saturated heterocycles. The van der Waals surface area contributed by atoms with Gasteiger partial charge < -0.3 is 23.8 Å². The smallest absolute Gasteiger partial charge is 0.260 e. The second-order valence-corrected chi connectivity index (χ2v) is 5.99. The summed E-state index contributed by atoms with van der Waals surface area (Å²) in [5.41, 5.74) is 1.40. The Morgan fingerprint density at radius 3 is 2.67 bits per heavy atom. The van der Waals surface area contributed by atoms with E-state index >= 15 is 0 Å². The zero-order chi connectivity index (χ0) is 19.2. The first-order valence-corrected chi connectivity index (χ1v) is 8.44. The number of benzene rings is 2. The van der Waals surface area contributed by atoms with Gasteiger partial charge in [-0.25, -0.2) is 0 Å². The number of fused-ring (bicyclic) bond motifs is 1. The summed E-state index contributed by atoms with van der Waals surface area (Å²) < 4.78 is 21.8. The molecule has 0 bridgehead atoms. The van der Waals surface area contributed by atoms with Gasteiger partial charge in [0.05, 0.1) is 18.7 Å². The zero-order valence-corrected chi connectivity index (χ0v) is 15.2. The Hall–Kier alpha value is -3.40. The van der Waals surface area contributed by atoms with Crippen LogP contribution >= 0.6 is 0 Å². The van der Waals surface area contributed by atoms with Crippen LogP contribution in [-0.2, 0) is 11.3 Å². The van der Waals surface area contributed by atoms with Gasteiger partial charge >= 0.3 is 0 Å². The highest BCUT2D eigenvalue weighted by molar-refractivity contribution is 5.77. The Morgan fingerprint density at radius 2 is 1.93 bits per heavy atom. The summed E-state index contributed by atoms with van der Waals surface area (Å²) in [6.07, 6.45) is 0. The lowest BCUT2D eigenvalue weighted by Gasteiger charge is -2.21. The Labute approximate surface area is 157 Å². The number of rotatable bonds is 6. The number of hydrogen-bond donors (Lipinski definition) is 0. The largest absolute Gasteiger partial charge is 0.493 e. The molecule has 1 aliphatic heterocycles. The average molecular weight is 368 g/mol. The summed E-state index contributed by atoms with van der Waals surface area (Å²) in [5.74, 6) is 2.05. The van der Waals surface area contributed by atoms with Gasteiger partial charge in [0.1, 0.15) is 13.2 Å². The van der Waals surface area contributed by atoms with E-state index in [0.717, 1.165) is 11.3 Å². The molecule has 0 unspecified atom stereocenters. The van der Waals surface area contributed by atoms with Gasteiger partial charge in [-0.15, -0.1) is 0 Å². The van der Waals surface area contributed by atoms with Crippen molar-refractivity contribution in [1.29, 1.82) is 5.26 Å². The fraction of sp³-hybridized carbons (Fsp3) is 0.300. The molecule has 27 heavy (non-hydrogen) atoms. The van der Waals surface area contributed by atoms with E-state index in [1.54, 1.807) is 30.1 Å². The van der Waals surface area contributed by atoms with E-state index in [2.05, 4.69) is 0 Å². The van der Waals surface area contributed by atoms with Crippen LogP contribution in [0, 0.1) is 11.3 Å². The molecule has 7 nitrogen and oxygen atoms in total. The Kier molecular flexibility index (Phi) is 5.67. The van der Waals surface area contributed by atoms with Crippen LogP contribution in [0.25, 0.3) is 0 Å². The first-order chi connectivity index (χ1) is 13.1. The van der Waals surface area contributed by atoms with Crippen molar-refractivity contribution < 1.29 is 23.7 Å². The van der Waals surface area contributed by atoms with Crippen molar-refractivity contribution in [3.05, 3.63) is 47.5 Å². The summed E-state index contributed by atoms with van der Waals surface area (Å²) in [7, 11) is 3.19. The summed E-state index contributed by atoms with van der Waals surface area (Å²) in [6, 6.07) is 12.5. The summed E-state index contributed by atoms with van der Waals surface area (Å²) in [5, 5.41) is 8.93. The van der Waals surface area contributed by atoms with E-state index in [0.29, 0.717) is 42.6 Å². The fourth-order valence-corrected chi connectivity index (χ4v) is 2.65. The van der Waals surface area contributed by atoms with E-state index in [1.165, 1.54) is 7.11 Å². The molecule has 0 fully saturated rings. The third-order valence-corrected chi connectivity index (χ3v) is 4.10. The number of carbonyl (C=O) groups excluding carboxylic acids is 1. The lowest BCUT2D eigenvalue weighted by molar-refractivity contribution is -0.132. The summed E-state index contributed by atoms with van der Waals surface area (Å²) in [4.78, 5) is 14.0. The maximum absolute atomic E-state index is 12.4. The van der Waals surface area contributed by atoms with Crippen LogP contribution in [-0.4, -0.2) is 44.8 Å². The van der Waals surface area contributed by atoms with Crippen molar-refractivity contribution in [3.63, 3.8) is 0 Å². The van der Waals surface area contributed by atoms with Crippen molar-refractivity contribution in [3.8, 4) is 29.1 Å². The number of ether oxygens (including phenoxy) is 4. The Bertz CT molecular complexity index is 875. The molecule has 0 aromatic heterocycles. The highest BCUT2D eigenvalue weighted by Gasteiger charge is 2.15. The van der Waals surface area contributed by atoms with Gasteiger partial charge in [0, 0.05) is 19.7 Å². The van der Waals surface area contributed by atoms with Gasteiger partial charge in [0.2, 0.25) is 0 Å². The van der Waals surface area contributed by atoms with Gasteiger partial charge in [-0.05, 0) is 29.8 Å². The fourth-order valence-electron chi connectivity index (χ4n) is 2.65. The normalized spacial score (nSPS) is 12.0. The van der Waals surface area contributed by atoms with Crippen LogP contribution in [0.3, 0.4) is 0 Å². The van der Waals surface area contributed by atoms with Crippen LogP contribution in [0.5, 0.6) is 23.0 Å². The van der Waals surface area contributed by atoms with Crippen LogP contribution in [0.2, 0.25) is 0 Å². The molecule has 1 aliphatic rings. The number of nitrogens with zero attached hydrogens (tertiary/aromatic N) is 2. The highest BCUT2D eigenvalue weighted by atomic mass is 16.6. The lowest BCUT2D eigenvalue weighted by atomic mass is 10.2. The topological polar surface area (TPSA) is 81.0 Å². The molecule has 0 atom stereocenters. The minimum absolute atomic E-state index is 0.136. The van der Waals surface area contributed by atoms with Crippen LogP contribution < -0.4 is 18.9 Å². The summed E-state index contributed by atoms with van der Waals surface area (Å²) >= 11 is 0. The quantitative estimate of drug-likeness (QED) is 0.779. The van der Waals surface area contributed by atoms with Crippen LogP contribution in [0.1, 0.15) is 11.1 Å². The second-order valence-electron chi connectivity index (χ2n) is 5.99. The van der Waals surface area contributed by atoms with Gasteiger partial charge in [-0.2, -0.15) is 5.26 Å². The van der Waals surface area contributed by atoms with E-state index in [4.69, 9.17) is 24.2 Å². The third kappa shape index (κ3) is 4.42. The van der Waals surface area contributed by atoms with Crippen molar-refractivity contribution in [2.45, 2.75) is 6.54 Å². The molecule has 1 amide bonds. The van der Waals surface area contributed by atoms with Gasteiger partial charge in [-0.1, -0.05) is 6.07 Å². The van der Waals surface area contributed by atoms with Gasteiger partial charge in [-0.3, -0.25) is 4.79 Å².